The lowest BCUT2D eigenvalue weighted by Gasteiger charge is -2.06. The Kier molecular flexibility index (Phi) is 3.38. The number of aryl methyl sites for hydroxylation is 2. The van der Waals surface area contributed by atoms with E-state index in [9.17, 15) is 4.79 Å². The molecule has 0 amide bonds. The maximum atomic E-state index is 12.1. The molecule has 0 aliphatic heterocycles. The summed E-state index contributed by atoms with van der Waals surface area (Å²) in [6, 6.07) is 13.4. The van der Waals surface area contributed by atoms with E-state index in [4.69, 9.17) is 13.6 Å². The van der Waals surface area contributed by atoms with Crippen LogP contribution in [0.3, 0.4) is 0 Å². The number of hydrogen-bond donors (Lipinski definition) is 0. The van der Waals surface area contributed by atoms with Gasteiger partial charge >= 0.3 is 5.63 Å². The van der Waals surface area contributed by atoms with Crippen LogP contribution < -0.4 is 10.4 Å². The van der Waals surface area contributed by atoms with Gasteiger partial charge in [-0.05, 0) is 61.6 Å². The molecular formula is C22H18O4. The monoisotopic (exact) mass is 346 g/mol. The lowest BCUT2D eigenvalue weighted by molar-refractivity contribution is 0.339. The van der Waals surface area contributed by atoms with Crippen molar-refractivity contribution >= 4 is 21.9 Å². The van der Waals surface area contributed by atoms with Gasteiger partial charge in [0.15, 0.2) is 11.3 Å². The molecule has 0 saturated heterocycles. The molecule has 5 rings (SSSR count). The first-order chi connectivity index (χ1) is 12.7. The van der Waals surface area contributed by atoms with E-state index in [-0.39, 0.29) is 5.63 Å². The van der Waals surface area contributed by atoms with Gasteiger partial charge in [-0.25, -0.2) is 4.79 Å². The summed E-state index contributed by atoms with van der Waals surface area (Å²) in [5.41, 5.74) is 4.34. The molecule has 0 spiro atoms. The summed E-state index contributed by atoms with van der Waals surface area (Å²) >= 11 is 0. The molecule has 4 heteroatoms. The van der Waals surface area contributed by atoms with E-state index >= 15 is 0 Å². The summed E-state index contributed by atoms with van der Waals surface area (Å²) in [7, 11) is 0. The van der Waals surface area contributed by atoms with Crippen LogP contribution >= 0.6 is 0 Å². The van der Waals surface area contributed by atoms with Gasteiger partial charge in [0.1, 0.15) is 11.3 Å². The van der Waals surface area contributed by atoms with Gasteiger partial charge in [-0.3, -0.25) is 0 Å². The molecule has 4 aromatic rings. The maximum Gasteiger partial charge on any atom is 0.336 e. The van der Waals surface area contributed by atoms with Crippen molar-refractivity contribution in [2.24, 2.45) is 0 Å². The quantitative estimate of drug-likeness (QED) is 0.485. The highest BCUT2D eigenvalue weighted by Gasteiger charge is 2.18. The number of ether oxygens (including phenoxy) is 1. The fourth-order valence-corrected chi connectivity index (χ4v) is 3.87. The second kappa shape index (κ2) is 5.77. The first-order valence-electron chi connectivity index (χ1n) is 8.98. The Hall–Kier alpha value is -3.01. The van der Waals surface area contributed by atoms with E-state index in [1.54, 1.807) is 0 Å². The maximum absolute atomic E-state index is 12.1. The van der Waals surface area contributed by atoms with E-state index in [2.05, 4.69) is 6.07 Å². The highest BCUT2D eigenvalue weighted by molar-refractivity contribution is 5.96. The largest absolute Gasteiger partial charge is 0.490 e. The zero-order valence-corrected chi connectivity index (χ0v) is 14.5. The molecule has 0 fully saturated rings. The highest BCUT2D eigenvalue weighted by atomic mass is 16.5. The van der Waals surface area contributed by atoms with Gasteiger partial charge in [-0.15, -0.1) is 0 Å². The molecule has 0 unspecified atom stereocenters. The number of benzene rings is 2. The van der Waals surface area contributed by atoms with E-state index in [0.29, 0.717) is 29.3 Å². The third kappa shape index (κ3) is 2.33. The molecule has 1 aliphatic carbocycles. The molecule has 0 atom stereocenters. The van der Waals surface area contributed by atoms with Crippen molar-refractivity contribution in [1.82, 2.24) is 0 Å². The fourth-order valence-electron chi connectivity index (χ4n) is 3.87. The number of hydrogen-bond acceptors (Lipinski definition) is 4. The van der Waals surface area contributed by atoms with Crippen LogP contribution in [0.4, 0.5) is 0 Å². The van der Waals surface area contributed by atoms with Crippen molar-refractivity contribution in [3.8, 4) is 17.1 Å². The van der Waals surface area contributed by atoms with E-state index in [1.807, 2.05) is 37.3 Å². The van der Waals surface area contributed by atoms with E-state index in [1.165, 1.54) is 17.2 Å². The Bertz CT molecular complexity index is 1200. The van der Waals surface area contributed by atoms with Crippen molar-refractivity contribution in [2.45, 2.75) is 26.2 Å². The minimum atomic E-state index is -0.365. The molecule has 0 radical (unpaired) electrons. The molecule has 2 aromatic heterocycles. The Balaban J connectivity index is 1.77. The summed E-state index contributed by atoms with van der Waals surface area (Å²) in [6.45, 7) is 2.51. The molecule has 0 N–H and O–H groups in total. The van der Waals surface area contributed by atoms with Crippen LogP contribution in [0.2, 0.25) is 0 Å². The molecule has 0 bridgehead atoms. The molecule has 130 valence electrons. The summed E-state index contributed by atoms with van der Waals surface area (Å²) in [5.74, 6) is 1.37. The predicted octanol–water partition coefficient (Wildman–Crippen LogP) is 5.09. The SMILES string of the molecule is CCOc1cccc2cc(-c3cc(=O)oc4cc5c(cc34)CCC5)oc12. The number of rotatable bonds is 3. The zero-order chi connectivity index (χ0) is 17.7. The van der Waals surface area contributed by atoms with Crippen LogP contribution in [0.15, 0.2) is 56.1 Å². The normalized spacial score (nSPS) is 13.4. The average Bonchev–Trinajstić information content (AvgIpc) is 3.26. The fraction of sp³-hybridized carbons (Fsp3) is 0.227. The second-order valence-corrected chi connectivity index (χ2v) is 6.67. The van der Waals surface area contributed by atoms with Gasteiger partial charge in [0, 0.05) is 22.4 Å². The summed E-state index contributed by atoms with van der Waals surface area (Å²) in [4.78, 5) is 12.1. The summed E-state index contributed by atoms with van der Waals surface area (Å²) in [6.07, 6.45) is 3.26. The molecule has 2 aromatic carbocycles. The number of para-hydroxylation sites is 1. The molecule has 2 heterocycles. The van der Waals surface area contributed by atoms with Gasteiger partial charge in [-0.1, -0.05) is 12.1 Å². The first-order valence-corrected chi connectivity index (χ1v) is 8.98. The van der Waals surface area contributed by atoms with Crippen LogP contribution in [-0.4, -0.2) is 6.61 Å². The minimum absolute atomic E-state index is 0.365. The molecular weight excluding hydrogens is 328 g/mol. The predicted molar refractivity (Wildman–Crippen MR) is 101 cm³/mol. The van der Waals surface area contributed by atoms with Crippen LogP contribution in [0.1, 0.15) is 24.5 Å². The molecule has 26 heavy (non-hydrogen) atoms. The van der Waals surface area contributed by atoms with Crippen molar-refractivity contribution < 1.29 is 13.6 Å². The average molecular weight is 346 g/mol. The molecule has 4 nitrogen and oxygen atoms in total. The van der Waals surface area contributed by atoms with Gasteiger partial charge in [0.2, 0.25) is 0 Å². The second-order valence-electron chi connectivity index (χ2n) is 6.67. The third-order valence-electron chi connectivity index (χ3n) is 5.03. The Morgan fingerprint density at radius 3 is 2.73 bits per heavy atom. The van der Waals surface area contributed by atoms with Crippen molar-refractivity contribution in [2.75, 3.05) is 6.61 Å². The lowest BCUT2D eigenvalue weighted by atomic mass is 10.0. The van der Waals surface area contributed by atoms with Gasteiger partial charge in [-0.2, -0.15) is 0 Å². The van der Waals surface area contributed by atoms with Gasteiger partial charge < -0.3 is 13.6 Å². The standard InChI is InChI=1S/C22H18O4/c1-2-24-18-8-4-7-15-11-20(26-22(15)18)17-12-21(23)25-19-10-14-6-3-5-13(14)9-16(17)19/h4,7-12H,2-3,5-6H2,1H3. The van der Waals surface area contributed by atoms with Gasteiger partial charge in [0.05, 0.1) is 6.61 Å². The van der Waals surface area contributed by atoms with Crippen LogP contribution in [-0.2, 0) is 12.8 Å². The molecule has 0 saturated carbocycles. The Labute approximate surface area is 150 Å². The van der Waals surface area contributed by atoms with E-state index < -0.39 is 0 Å². The van der Waals surface area contributed by atoms with Crippen LogP contribution in [0, 0.1) is 0 Å². The smallest absolute Gasteiger partial charge is 0.336 e. The number of furan rings is 1. The topological polar surface area (TPSA) is 52.6 Å². The van der Waals surface area contributed by atoms with Crippen molar-refractivity contribution in [3.63, 3.8) is 0 Å². The summed E-state index contributed by atoms with van der Waals surface area (Å²) < 4.78 is 17.2. The lowest BCUT2D eigenvalue weighted by Crippen LogP contribution is -1.98. The first kappa shape index (κ1) is 15.3. The van der Waals surface area contributed by atoms with Crippen molar-refractivity contribution in [3.05, 3.63) is 64.0 Å². The van der Waals surface area contributed by atoms with Gasteiger partial charge in [0.25, 0.3) is 0 Å². The van der Waals surface area contributed by atoms with E-state index in [0.717, 1.165) is 35.6 Å². The Morgan fingerprint density at radius 1 is 1.04 bits per heavy atom. The summed E-state index contributed by atoms with van der Waals surface area (Å²) in [5, 5.41) is 1.87. The van der Waals surface area contributed by atoms with Crippen molar-refractivity contribution in [1.29, 1.82) is 0 Å². The number of fused-ring (bicyclic) bond motifs is 3. The highest BCUT2D eigenvalue weighted by Crippen LogP contribution is 2.37. The zero-order valence-electron chi connectivity index (χ0n) is 14.5. The Morgan fingerprint density at radius 2 is 1.88 bits per heavy atom. The third-order valence-corrected chi connectivity index (χ3v) is 5.03. The van der Waals surface area contributed by atoms with Crippen LogP contribution in [0.25, 0.3) is 33.3 Å². The molecule has 1 aliphatic rings. The van der Waals surface area contributed by atoms with Crippen LogP contribution in [0.5, 0.6) is 5.75 Å². The minimum Gasteiger partial charge on any atom is -0.490 e.